The van der Waals surface area contributed by atoms with Crippen LogP contribution in [0.1, 0.15) is 41.0 Å². The lowest BCUT2D eigenvalue weighted by Gasteiger charge is -2.27. The highest BCUT2D eigenvalue weighted by molar-refractivity contribution is 14.1. The summed E-state index contributed by atoms with van der Waals surface area (Å²) >= 11 is 2.54. The molecule has 0 N–H and O–H groups in total. The first-order valence-corrected chi connectivity index (χ1v) is 11.4. The van der Waals surface area contributed by atoms with Gasteiger partial charge in [-0.05, 0) is 69.7 Å². The Kier molecular flexibility index (Phi) is 4.81. The quantitative estimate of drug-likeness (QED) is 0.264. The van der Waals surface area contributed by atoms with Crippen LogP contribution in [-0.4, -0.2) is 3.92 Å². The molecule has 2 atom stereocenters. The number of rotatable bonds is 1. The molecule has 0 saturated carbocycles. The second-order valence-corrected chi connectivity index (χ2v) is 9.63. The van der Waals surface area contributed by atoms with Crippen LogP contribution >= 0.6 is 22.6 Å². The molecule has 142 valence electrons. The number of hydrogen-bond donors (Lipinski definition) is 0. The van der Waals surface area contributed by atoms with Crippen LogP contribution < -0.4 is 10.4 Å². The summed E-state index contributed by atoms with van der Waals surface area (Å²) in [5.41, 5.74) is 12.6. The van der Waals surface area contributed by atoms with Crippen LogP contribution in [0.15, 0.2) is 78.6 Å². The molecule has 0 aliphatic heterocycles. The molecule has 5 rings (SSSR count). The fourth-order valence-electron chi connectivity index (χ4n) is 4.70. The molecule has 0 spiro atoms. The summed E-state index contributed by atoms with van der Waals surface area (Å²) in [5.74, 6) is 0.247. The summed E-state index contributed by atoms with van der Waals surface area (Å²) < 4.78 is 0.521. The Morgan fingerprint density at radius 2 is 1.90 bits per heavy atom. The maximum atomic E-state index is 4.71. The number of benzene rings is 2. The van der Waals surface area contributed by atoms with Crippen molar-refractivity contribution >= 4 is 45.9 Å². The van der Waals surface area contributed by atoms with E-state index >= 15 is 0 Å². The zero-order valence-corrected chi connectivity index (χ0v) is 18.7. The molecule has 3 aliphatic rings. The molecule has 0 amide bonds. The zero-order chi connectivity index (χ0) is 20.0. The van der Waals surface area contributed by atoms with Gasteiger partial charge >= 0.3 is 0 Å². The average Bonchev–Trinajstić information content (AvgIpc) is 2.97. The molecule has 0 radical (unpaired) electrons. The highest BCUT2D eigenvalue weighted by Crippen LogP contribution is 2.41. The predicted molar refractivity (Wildman–Crippen MR) is 133 cm³/mol. The zero-order valence-electron chi connectivity index (χ0n) is 16.6. The van der Waals surface area contributed by atoms with Crippen molar-refractivity contribution in [1.82, 2.24) is 0 Å². The van der Waals surface area contributed by atoms with Crippen LogP contribution in [0.2, 0.25) is 0 Å². The Morgan fingerprint density at radius 1 is 1.07 bits per heavy atom. The highest BCUT2D eigenvalue weighted by Gasteiger charge is 2.25. The molecule has 0 nitrogen and oxygen atoms in total. The molecule has 0 fully saturated rings. The summed E-state index contributed by atoms with van der Waals surface area (Å²) in [5, 5.41) is 2.68. The van der Waals surface area contributed by atoms with Crippen molar-refractivity contribution < 1.29 is 0 Å². The van der Waals surface area contributed by atoms with Gasteiger partial charge in [-0.25, -0.2) is 0 Å². The number of allylic oxidation sites excluding steroid dienone is 6. The molecule has 2 aromatic rings. The summed E-state index contributed by atoms with van der Waals surface area (Å²) in [6.45, 7) is 6.92. The maximum absolute atomic E-state index is 4.71. The van der Waals surface area contributed by atoms with E-state index in [1.54, 1.807) is 0 Å². The third kappa shape index (κ3) is 3.33. The first-order chi connectivity index (χ1) is 14.1. The van der Waals surface area contributed by atoms with Crippen LogP contribution in [0, 0.1) is 6.92 Å². The third-order valence-electron chi connectivity index (χ3n) is 6.18. The molecule has 2 aromatic carbocycles. The molecular weight excluding hydrogens is 463 g/mol. The van der Waals surface area contributed by atoms with E-state index in [1.807, 2.05) is 0 Å². The third-order valence-corrected chi connectivity index (χ3v) is 7.04. The van der Waals surface area contributed by atoms with Crippen molar-refractivity contribution in [2.45, 2.75) is 29.6 Å². The van der Waals surface area contributed by atoms with E-state index < -0.39 is 0 Å². The number of aryl methyl sites for hydroxylation is 1. The van der Waals surface area contributed by atoms with E-state index in [9.17, 15) is 0 Å². The molecule has 1 heteroatoms. The molecule has 1 unspecified atom stereocenters. The molecule has 3 aliphatic carbocycles. The molecule has 0 heterocycles. The Hall–Kier alpha value is -2.35. The second-order valence-electron chi connectivity index (χ2n) is 8.03. The van der Waals surface area contributed by atoms with Gasteiger partial charge in [0, 0.05) is 15.4 Å². The Labute approximate surface area is 186 Å². The smallest absolute Gasteiger partial charge is 0.0333 e. The first-order valence-electron chi connectivity index (χ1n) is 10.2. The van der Waals surface area contributed by atoms with Gasteiger partial charge < -0.3 is 0 Å². The van der Waals surface area contributed by atoms with E-state index in [0.29, 0.717) is 3.92 Å². The Balaban J connectivity index is 1.86. The Morgan fingerprint density at radius 3 is 2.76 bits per heavy atom. The number of hydrogen-bond acceptors (Lipinski definition) is 0. The van der Waals surface area contributed by atoms with Gasteiger partial charge in [0.05, 0.1) is 0 Å². The average molecular weight is 486 g/mol. The van der Waals surface area contributed by atoms with Crippen LogP contribution in [0.5, 0.6) is 0 Å². The minimum Gasteiger partial charge on any atom is -0.109 e. The van der Waals surface area contributed by atoms with Gasteiger partial charge in [-0.1, -0.05) is 95.9 Å². The lowest BCUT2D eigenvalue weighted by Crippen LogP contribution is -2.34. The topological polar surface area (TPSA) is 0 Å². The van der Waals surface area contributed by atoms with Crippen molar-refractivity contribution in [3.05, 3.63) is 111 Å². The van der Waals surface area contributed by atoms with Crippen LogP contribution in [-0.2, 0) is 0 Å². The Bertz CT molecular complexity index is 1280. The monoisotopic (exact) mass is 486 g/mol. The van der Waals surface area contributed by atoms with E-state index in [4.69, 9.17) is 6.58 Å². The van der Waals surface area contributed by atoms with Gasteiger partial charge in [-0.2, -0.15) is 0 Å². The largest absolute Gasteiger partial charge is 0.109 e. The van der Waals surface area contributed by atoms with Gasteiger partial charge in [-0.15, -0.1) is 5.73 Å². The second kappa shape index (κ2) is 7.48. The van der Waals surface area contributed by atoms with Gasteiger partial charge in [0.2, 0.25) is 0 Å². The maximum Gasteiger partial charge on any atom is 0.0333 e. The molecular formula is C28H23I. The minimum atomic E-state index is 0.247. The lowest BCUT2D eigenvalue weighted by atomic mass is 9.77. The standard InChI is InChI=1S/C28H23I/c1-18-7-3-6-10-24(18)26-16-20-8-4-5-9-22(15-20)25-14-12-21-11-13-23(29)17-27(21)28(25)19(26)2/h3-12,14,17,23,26H,2,13,16H2,1H3/t23-,26?/m0/s1. The fraction of sp³-hybridized carbons (Fsp3) is 0.179. The normalized spacial score (nSPS) is 22.1. The van der Waals surface area contributed by atoms with Crippen molar-refractivity contribution in [2.24, 2.45) is 0 Å². The summed E-state index contributed by atoms with van der Waals surface area (Å²) in [6, 6.07) is 13.3. The molecule has 0 aromatic heterocycles. The van der Waals surface area contributed by atoms with Gasteiger partial charge in [-0.3, -0.25) is 0 Å². The van der Waals surface area contributed by atoms with Crippen LogP contribution in [0.4, 0.5) is 0 Å². The number of alkyl halides is 1. The predicted octanol–water partition coefficient (Wildman–Crippen LogP) is 6.00. The van der Waals surface area contributed by atoms with Gasteiger partial charge in [0.25, 0.3) is 0 Å². The van der Waals surface area contributed by atoms with Crippen LogP contribution in [0.25, 0.3) is 23.3 Å². The minimum absolute atomic E-state index is 0.247. The van der Waals surface area contributed by atoms with Gasteiger partial charge in [0.1, 0.15) is 0 Å². The SMILES string of the molecule is C=C1c2c(ccc3c2=C[C@@H](I)CC=3)C2=C=C(C=CC=C2)CC1c1ccccc1C. The molecule has 29 heavy (non-hydrogen) atoms. The van der Waals surface area contributed by atoms with Crippen molar-refractivity contribution in [1.29, 1.82) is 0 Å². The summed E-state index contributed by atoms with van der Waals surface area (Å²) in [7, 11) is 0. The number of halogens is 1. The summed E-state index contributed by atoms with van der Waals surface area (Å²) in [6.07, 6.45) is 15.5. The van der Waals surface area contributed by atoms with Crippen molar-refractivity contribution in [3.63, 3.8) is 0 Å². The summed E-state index contributed by atoms with van der Waals surface area (Å²) in [4.78, 5) is 0. The van der Waals surface area contributed by atoms with E-state index in [2.05, 4.69) is 108 Å². The van der Waals surface area contributed by atoms with E-state index in [-0.39, 0.29) is 5.92 Å². The van der Waals surface area contributed by atoms with E-state index in [0.717, 1.165) is 18.4 Å². The molecule has 0 saturated heterocycles. The fourth-order valence-corrected chi connectivity index (χ4v) is 5.31. The molecule has 2 bridgehead atoms. The van der Waals surface area contributed by atoms with Crippen molar-refractivity contribution in [3.8, 4) is 0 Å². The number of fused-ring (bicyclic) bond motifs is 4. The van der Waals surface area contributed by atoms with Crippen molar-refractivity contribution in [2.75, 3.05) is 0 Å². The van der Waals surface area contributed by atoms with Crippen LogP contribution in [0.3, 0.4) is 0 Å². The first kappa shape index (κ1) is 18.7. The van der Waals surface area contributed by atoms with E-state index in [1.165, 1.54) is 43.8 Å². The van der Waals surface area contributed by atoms with Gasteiger partial charge in [0.15, 0.2) is 0 Å². The highest BCUT2D eigenvalue weighted by atomic mass is 127. The lowest BCUT2D eigenvalue weighted by molar-refractivity contribution is 0.849.